The number of pyridine rings is 1. The maximum Gasteiger partial charge on any atom is 0.268 e. The predicted molar refractivity (Wildman–Crippen MR) is 97.0 cm³/mol. The quantitative estimate of drug-likeness (QED) is 0.723. The van der Waals surface area contributed by atoms with Gasteiger partial charge in [-0.2, -0.15) is 10.5 Å². The number of anilines is 1. The Balaban J connectivity index is 1.99. The lowest BCUT2D eigenvalue weighted by atomic mass is 9.96. The lowest BCUT2D eigenvalue weighted by Crippen LogP contribution is -2.16. The molecule has 1 heterocycles. The third-order valence-corrected chi connectivity index (χ3v) is 3.97. The Morgan fingerprint density at radius 2 is 1.82 bits per heavy atom. The summed E-state index contributed by atoms with van der Waals surface area (Å²) in [6.07, 6.45) is 0. The van der Waals surface area contributed by atoms with E-state index in [4.69, 9.17) is 10.5 Å². The first kappa shape index (κ1) is 18.6. The monoisotopic (exact) mass is 378 g/mol. The van der Waals surface area contributed by atoms with Crippen LogP contribution in [-0.4, -0.2) is 4.98 Å². The molecule has 0 unspecified atom stereocenters. The van der Waals surface area contributed by atoms with Crippen LogP contribution in [0, 0.1) is 34.3 Å². The average Bonchev–Trinajstić information content (AvgIpc) is 2.66. The number of hydrogen-bond donors (Lipinski definition) is 2. The number of aromatic nitrogens is 1. The van der Waals surface area contributed by atoms with Gasteiger partial charge in [-0.25, -0.2) is 8.78 Å². The Kier molecular flexibility index (Phi) is 5.05. The van der Waals surface area contributed by atoms with Crippen molar-refractivity contribution in [1.82, 2.24) is 4.98 Å². The molecule has 3 aromatic rings. The highest BCUT2D eigenvalue weighted by Gasteiger charge is 2.19. The van der Waals surface area contributed by atoms with Gasteiger partial charge in [0.05, 0.1) is 0 Å². The molecule has 28 heavy (non-hydrogen) atoms. The summed E-state index contributed by atoms with van der Waals surface area (Å²) in [4.78, 5) is 14.2. The van der Waals surface area contributed by atoms with E-state index in [0.717, 1.165) is 6.07 Å². The zero-order valence-corrected chi connectivity index (χ0v) is 14.3. The molecule has 0 bridgehead atoms. The van der Waals surface area contributed by atoms with Crippen molar-refractivity contribution in [3.8, 4) is 29.0 Å². The fraction of sp³-hybridized carbons (Fsp3) is 0.0500. The number of H-pyrrole nitrogens is 1. The zero-order chi connectivity index (χ0) is 20.3. The standard InChI is InChI=1S/C20H12F2N4O2/c21-13-3-1-2-11(6-13)10-28-17-5-4-12(7-16(17)22)18-14(8-23)19(25)26-20(27)15(18)9-24/h1-7H,10H2,(H3,25,26,27). The van der Waals surface area contributed by atoms with Crippen LogP contribution < -0.4 is 16.0 Å². The molecular weight excluding hydrogens is 366 g/mol. The Morgan fingerprint density at radius 3 is 2.46 bits per heavy atom. The SMILES string of the molecule is N#Cc1c(N)[nH]c(=O)c(C#N)c1-c1ccc(OCc2cccc(F)c2)c(F)c1. The minimum atomic E-state index is -0.777. The van der Waals surface area contributed by atoms with Crippen LogP contribution >= 0.6 is 0 Å². The molecule has 0 radical (unpaired) electrons. The van der Waals surface area contributed by atoms with Gasteiger partial charge < -0.3 is 15.5 Å². The van der Waals surface area contributed by atoms with Gasteiger partial charge in [-0.15, -0.1) is 0 Å². The number of nitrogen functional groups attached to an aromatic ring is 1. The largest absolute Gasteiger partial charge is 0.486 e. The number of nitrogens with one attached hydrogen (secondary N) is 1. The first-order valence-electron chi connectivity index (χ1n) is 7.97. The van der Waals surface area contributed by atoms with E-state index in [2.05, 4.69) is 4.98 Å². The van der Waals surface area contributed by atoms with Crippen LogP contribution in [0.15, 0.2) is 47.3 Å². The molecule has 3 rings (SSSR count). The van der Waals surface area contributed by atoms with E-state index in [1.165, 1.54) is 30.3 Å². The molecule has 0 spiro atoms. The van der Waals surface area contributed by atoms with Crippen molar-refractivity contribution in [3.05, 3.63) is 81.1 Å². The second kappa shape index (κ2) is 7.60. The molecule has 8 heteroatoms. The van der Waals surface area contributed by atoms with Crippen molar-refractivity contribution in [1.29, 1.82) is 10.5 Å². The molecule has 2 aromatic carbocycles. The van der Waals surface area contributed by atoms with Crippen molar-refractivity contribution in [3.63, 3.8) is 0 Å². The summed E-state index contributed by atoms with van der Waals surface area (Å²) in [7, 11) is 0. The molecule has 0 amide bonds. The van der Waals surface area contributed by atoms with Crippen LogP contribution in [-0.2, 0) is 6.61 Å². The van der Waals surface area contributed by atoms with E-state index in [9.17, 15) is 24.1 Å². The van der Waals surface area contributed by atoms with Gasteiger partial charge in [-0.3, -0.25) is 4.79 Å². The Hall–Kier alpha value is -4.17. The third-order valence-electron chi connectivity index (χ3n) is 3.97. The van der Waals surface area contributed by atoms with Crippen molar-refractivity contribution in [2.75, 3.05) is 5.73 Å². The number of benzene rings is 2. The second-order valence-corrected chi connectivity index (χ2v) is 5.78. The number of aromatic amines is 1. The smallest absolute Gasteiger partial charge is 0.268 e. The molecule has 1 aromatic heterocycles. The van der Waals surface area contributed by atoms with Crippen molar-refractivity contribution in [2.45, 2.75) is 6.61 Å². The fourth-order valence-electron chi connectivity index (χ4n) is 2.69. The van der Waals surface area contributed by atoms with Gasteiger partial charge in [0.15, 0.2) is 11.6 Å². The summed E-state index contributed by atoms with van der Waals surface area (Å²) in [6, 6.07) is 13.0. The van der Waals surface area contributed by atoms with Crippen LogP contribution in [0.5, 0.6) is 5.75 Å². The predicted octanol–water partition coefficient (Wildman–Crippen LogP) is 3.22. The minimum absolute atomic E-state index is 0.0539. The van der Waals surface area contributed by atoms with Gasteiger partial charge in [0, 0.05) is 5.56 Å². The van der Waals surface area contributed by atoms with Crippen LogP contribution in [0.2, 0.25) is 0 Å². The van der Waals surface area contributed by atoms with Crippen molar-refractivity contribution < 1.29 is 13.5 Å². The molecule has 0 saturated carbocycles. The summed E-state index contributed by atoms with van der Waals surface area (Å²) in [5.74, 6) is -1.53. The van der Waals surface area contributed by atoms with E-state index in [1.807, 2.05) is 6.07 Å². The number of nitriles is 2. The van der Waals surface area contributed by atoms with Crippen molar-refractivity contribution >= 4 is 5.82 Å². The number of halogens is 2. The Morgan fingerprint density at radius 1 is 1.07 bits per heavy atom. The maximum absolute atomic E-state index is 14.5. The molecule has 6 nitrogen and oxygen atoms in total. The second-order valence-electron chi connectivity index (χ2n) is 5.78. The molecule has 0 fully saturated rings. The number of ether oxygens (including phenoxy) is 1. The highest BCUT2D eigenvalue weighted by Crippen LogP contribution is 2.31. The Bertz CT molecular complexity index is 1210. The number of hydrogen-bond acceptors (Lipinski definition) is 5. The maximum atomic E-state index is 14.5. The molecule has 0 aliphatic carbocycles. The minimum Gasteiger partial charge on any atom is -0.486 e. The van der Waals surface area contributed by atoms with Crippen LogP contribution in [0.4, 0.5) is 14.6 Å². The highest BCUT2D eigenvalue weighted by molar-refractivity contribution is 5.80. The molecule has 138 valence electrons. The van der Waals surface area contributed by atoms with Gasteiger partial charge in [0.1, 0.15) is 41.5 Å². The molecule has 0 atom stereocenters. The number of nitrogens with zero attached hydrogens (tertiary/aromatic N) is 2. The topological polar surface area (TPSA) is 116 Å². The first-order valence-corrected chi connectivity index (χ1v) is 7.97. The highest BCUT2D eigenvalue weighted by atomic mass is 19.1. The lowest BCUT2D eigenvalue weighted by molar-refractivity contribution is 0.290. The van der Waals surface area contributed by atoms with Gasteiger partial charge >= 0.3 is 0 Å². The van der Waals surface area contributed by atoms with Gasteiger partial charge in [0.2, 0.25) is 0 Å². The lowest BCUT2D eigenvalue weighted by Gasteiger charge is -2.11. The Labute approximate surface area is 158 Å². The average molecular weight is 378 g/mol. The number of nitrogens with two attached hydrogens (primary N) is 1. The molecular formula is C20H12F2N4O2. The normalized spacial score (nSPS) is 10.1. The summed E-state index contributed by atoms with van der Waals surface area (Å²) in [5.41, 5.74) is 4.98. The fourth-order valence-corrected chi connectivity index (χ4v) is 2.69. The van der Waals surface area contributed by atoms with Gasteiger partial charge in [0.25, 0.3) is 5.56 Å². The van der Waals surface area contributed by atoms with E-state index in [-0.39, 0.29) is 40.4 Å². The van der Waals surface area contributed by atoms with E-state index in [0.29, 0.717) is 5.56 Å². The van der Waals surface area contributed by atoms with Crippen LogP contribution in [0.25, 0.3) is 11.1 Å². The van der Waals surface area contributed by atoms with E-state index < -0.39 is 17.2 Å². The number of rotatable bonds is 4. The summed E-state index contributed by atoms with van der Waals surface area (Å²) >= 11 is 0. The first-order chi connectivity index (χ1) is 13.4. The van der Waals surface area contributed by atoms with Crippen LogP contribution in [0.1, 0.15) is 16.7 Å². The third kappa shape index (κ3) is 3.53. The molecule has 3 N–H and O–H groups in total. The van der Waals surface area contributed by atoms with E-state index >= 15 is 0 Å². The van der Waals surface area contributed by atoms with Crippen molar-refractivity contribution in [2.24, 2.45) is 0 Å². The van der Waals surface area contributed by atoms with E-state index in [1.54, 1.807) is 12.1 Å². The van der Waals surface area contributed by atoms with Gasteiger partial charge in [-0.05, 0) is 35.4 Å². The molecule has 0 aliphatic heterocycles. The molecule has 0 aliphatic rings. The molecule has 0 saturated heterocycles. The summed E-state index contributed by atoms with van der Waals surface area (Å²) in [5, 5.41) is 18.6. The summed E-state index contributed by atoms with van der Waals surface area (Å²) in [6.45, 7) is -0.0567. The summed E-state index contributed by atoms with van der Waals surface area (Å²) < 4.78 is 33.1. The zero-order valence-electron chi connectivity index (χ0n) is 14.3. The van der Waals surface area contributed by atoms with Gasteiger partial charge in [-0.1, -0.05) is 18.2 Å². The van der Waals surface area contributed by atoms with Crippen LogP contribution in [0.3, 0.4) is 0 Å².